The second-order valence-corrected chi connectivity index (χ2v) is 5.00. The number of aromatic nitrogens is 2. The Labute approximate surface area is 98.3 Å². The van der Waals surface area contributed by atoms with Gasteiger partial charge >= 0.3 is 0 Å². The van der Waals surface area contributed by atoms with Crippen molar-refractivity contribution in [3.8, 4) is 0 Å². The summed E-state index contributed by atoms with van der Waals surface area (Å²) in [5, 5.41) is 3.60. The van der Waals surface area contributed by atoms with E-state index in [-0.39, 0.29) is 0 Å². The van der Waals surface area contributed by atoms with Crippen molar-refractivity contribution in [2.24, 2.45) is 5.92 Å². The van der Waals surface area contributed by atoms with Crippen molar-refractivity contribution in [1.82, 2.24) is 14.9 Å². The predicted octanol–water partition coefficient (Wildman–Crippen LogP) is 2.39. The van der Waals surface area contributed by atoms with Gasteiger partial charge in [0.25, 0.3) is 0 Å². The molecule has 2 rings (SSSR count). The zero-order chi connectivity index (χ0) is 11.5. The second kappa shape index (κ2) is 5.00. The van der Waals surface area contributed by atoms with Crippen molar-refractivity contribution >= 4 is 0 Å². The maximum atomic E-state index is 4.39. The Balaban J connectivity index is 1.91. The summed E-state index contributed by atoms with van der Waals surface area (Å²) < 4.78 is 2.32. The Hall–Kier alpha value is -0.830. The molecule has 16 heavy (non-hydrogen) atoms. The predicted molar refractivity (Wildman–Crippen MR) is 66.5 cm³/mol. The third kappa shape index (κ3) is 2.64. The van der Waals surface area contributed by atoms with Gasteiger partial charge in [0.1, 0.15) is 5.82 Å². The van der Waals surface area contributed by atoms with Crippen molar-refractivity contribution in [3.05, 3.63) is 18.2 Å². The van der Waals surface area contributed by atoms with Crippen LogP contribution in [0.3, 0.4) is 0 Å². The van der Waals surface area contributed by atoms with Gasteiger partial charge in [0.2, 0.25) is 0 Å². The van der Waals surface area contributed by atoms with E-state index in [1.54, 1.807) is 0 Å². The van der Waals surface area contributed by atoms with E-state index >= 15 is 0 Å². The van der Waals surface area contributed by atoms with E-state index in [1.165, 1.54) is 18.7 Å². The lowest BCUT2D eigenvalue weighted by molar-refractivity contribution is 0.353. The van der Waals surface area contributed by atoms with Crippen LogP contribution in [0.5, 0.6) is 0 Å². The molecule has 1 N–H and O–H groups in total. The highest BCUT2D eigenvalue weighted by molar-refractivity contribution is 4.95. The lowest BCUT2D eigenvalue weighted by atomic mass is 10.0. The van der Waals surface area contributed by atoms with Crippen LogP contribution in [-0.4, -0.2) is 22.1 Å². The monoisotopic (exact) mass is 221 g/mol. The zero-order valence-corrected chi connectivity index (χ0v) is 10.6. The van der Waals surface area contributed by atoms with Gasteiger partial charge in [-0.1, -0.05) is 13.8 Å². The Morgan fingerprint density at radius 2 is 2.25 bits per heavy atom. The average Bonchev–Trinajstić information content (AvgIpc) is 3.00. The molecule has 0 saturated heterocycles. The molecule has 0 aliphatic heterocycles. The van der Waals surface area contributed by atoms with Crippen molar-refractivity contribution in [3.63, 3.8) is 0 Å². The van der Waals surface area contributed by atoms with Crippen LogP contribution in [0, 0.1) is 5.92 Å². The molecule has 0 amide bonds. The number of rotatable bonds is 6. The van der Waals surface area contributed by atoms with Crippen LogP contribution in [0.4, 0.5) is 0 Å². The van der Waals surface area contributed by atoms with Gasteiger partial charge in [-0.2, -0.15) is 0 Å². The molecular formula is C13H23N3. The first-order chi connectivity index (χ1) is 7.72. The fourth-order valence-electron chi connectivity index (χ4n) is 2.07. The zero-order valence-electron chi connectivity index (χ0n) is 10.6. The van der Waals surface area contributed by atoms with Crippen LogP contribution in [0.25, 0.3) is 0 Å². The first kappa shape index (κ1) is 11.6. The molecule has 0 radical (unpaired) electrons. The molecule has 1 saturated carbocycles. The Bertz CT molecular complexity index is 328. The summed E-state index contributed by atoms with van der Waals surface area (Å²) in [5.74, 6) is 1.85. The highest BCUT2D eigenvalue weighted by atomic mass is 15.1. The van der Waals surface area contributed by atoms with E-state index < -0.39 is 0 Å². The Morgan fingerprint density at radius 3 is 2.88 bits per heavy atom. The smallest absolute Gasteiger partial charge is 0.108 e. The van der Waals surface area contributed by atoms with E-state index in [0.29, 0.717) is 12.0 Å². The molecule has 90 valence electrons. The third-order valence-corrected chi connectivity index (χ3v) is 3.63. The summed E-state index contributed by atoms with van der Waals surface area (Å²) in [7, 11) is 0. The summed E-state index contributed by atoms with van der Waals surface area (Å²) >= 11 is 0. The van der Waals surface area contributed by atoms with Crippen LogP contribution in [0.1, 0.15) is 45.5 Å². The molecule has 1 heterocycles. The van der Waals surface area contributed by atoms with E-state index in [2.05, 4.69) is 41.8 Å². The molecule has 0 bridgehead atoms. The van der Waals surface area contributed by atoms with Gasteiger partial charge in [0, 0.05) is 30.9 Å². The van der Waals surface area contributed by atoms with E-state index in [9.17, 15) is 0 Å². The number of nitrogens with one attached hydrogen (secondary N) is 1. The summed E-state index contributed by atoms with van der Waals surface area (Å²) in [4.78, 5) is 4.39. The minimum Gasteiger partial charge on any atom is -0.332 e. The molecule has 1 aliphatic rings. The Morgan fingerprint density at radius 1 is 1.50 bits per heavy atom. The normalized spacial score (nSPS) is 19.7. The molecule has 0 spiro atoms. The first-order valence-electron chi connectivity index (χ1n) is 6.47. The van der Waals surface area contributed by atoms with Gasteiger partial charge in [-0.3, -0.25) is 0 Å². The van der Waals surface area contributed by atoms with Gasteiger partial charge in [-0.05, 0) is 32.2 Å². The standard InChI is InChI=1S/C13H23N3/c1-4-13-14-7-8-16(13)11(3)10(2)9-15-12-5-6-12/h7-8,10-12,15H,4-6,9H2,1-3H3. The van der Waals surface area contributed by atoms with Crippen molar-refractivity contribution in [2.75, 3.05) is 6.54 Å². The Kier molecular flexibility index (Phi) is 3.64. The maximum Gasteiger partial charge on any atom is 0.108 e. The SMILES string of the molecule is CCc1nccn1C(C)C(C)CNC1CC1. The molecule has 1 aliphatic carbocycles. The lowest BCUT2D eigenvalue weighted by Gasteiger charge is -2.23. The summed E-state index contributed by atoms with van der Waals surface area (Å²) in [6, 6.07) is 1.34. The van der Waals surface area contributed by atoms with Crippen molar-refractivity contribution in [1.29, 1.82) is 0 Å². The van der Waals surface area contributed by atoms with Crippen LogP contribution in [-0.2, 0) is 6.42 Å². The van der Waals surface area contributed by atoms with Gasteiger partial charge in [0.05, 0.1) is 0 Å². The van der Waals surface area contributed by atoms with E-state index in [0.717, 1.165) is 19.0 Å². The van der Waals surface area contributed by atoms with E-state index in [1.807, 2.05) is 6.20 Å². The molecular weight excluding hydrogens is 198 g/mol. The fraction of sp³-hybridized carbons (Fsp3) is 0.769. The van der Waals surface area contributed by atoms with Crippen LogP contribution in [0.15, 0.2) is 12.4 Å². The van der Waals surface area contributed by atoms with Crippen LogP contribution < -0.4 is 5.32 Å². The van der Waals surface area contributed by atoms with Gasteiger partial charge in [-0.15, -0.1) is 0 Å². The highest BCUT2D eigenvalue weighted by Crippen LogP contribution is 2.22. The number of hydrogen-bond acceptors (Lipinski definition) is 2. The van der Waals surface area contributed by atoms with Crippen molar-refractivity contribution < 1.29 is 0 Å². The maximum absolute atomic E-state index is 4.39. The molecule has 2 atom stereocenters. The molecule has 3 heteroatoms. The largest absolute Gasteiger partial charge is 0.332 e. The minimum absolute atomic E-state index is 0.531. The molecule has 1 fully saturated rings. The van der Waals surface area contributed by atoms with Crippen molar-refractivity contribution in [2.45, 2.75) is 52.1 Å². The van der Waals surface area contributed by atoms with Crippen LogP contribution in [0.2, 0.25) is 0 Å². The first-order valence-corrected chi connectivity index (χ1v) is 6.47. The van der Waals surface area contributed by atoms with Gasteiger partial charge in [0.15, 0.2) is 0 Å². The van der Waals surface area contributed by atoms with Crippen LogP contribution >= 0.6 is 0 Å². The summed E-state index contributed by atoms with van der Waals surface area (Å²) in [6.45, 7) is 7.89. The number of hydrogen-bond donors (Lipinski definition) is 1. The summed E-state index contributed by atoms with van der Waals surface area (Å²) in [6.07, 6.45) is 7.77. The minimum atomic E-state index is 0.531. The quantitative estimate of drug-likeness (QED) is 0.799. The molecule has 0 aromatic carbocycles. The summed E-state index contributed by atoms with van der Waals surface area (Å²) in [5.41, 5.74) is 0. The topological polar surface area (TPSA) is 29.9 Å². The molecule has 1 aromatic heterocycles. The average molecular weight is 221 g/mol. The third-order valence-electron chi connectivity index (χ3n) is 3.63. The number of imidazole rings is 1. The molecule has 1 aromatic rings. The lowest BCUT2D eigenvalue weighted by Crippen LogP contribution is -2.28. The molecule has 3 nitrogen and oxygen atoms in total. The molecule has 2 unspecified atom stereocenters. The number of nitrogens with zero attached hydrogens (tertiary/aromatic N) is 2. The van der Waals surface area contributed by atoms with E-state index in [4.69, 9.17) is 0 Å². The second-order valence-electron chi connectivity index (χ2n) is 5.00. The van der Waals surface area contributed by atoms with Gasteiger partial charge in [-0.25, -0.2) is 4.98 Å². The highest BCUT2D eigenvalue weighted by Gasteiger charge is 2.23. The van der Waals surface area contributed by atoms with Gasteiger partial charge < -0.3 is 9.88 Å². The fourth-order valence-corrected chi connectivity index (χ4v) is 2.07. The number of aryl methyl sites for hydroxylation is 1.